The summed E-state index contributed by atoms with van der Waals surface area (Å²) >= 11 is 6.23. The van der Waals surface area contributed by atoms with Gasteiger partial charge in [0.05, 0.1) is 5.71 Å². The second-order valence-corrected chi connectivity index (χ2v) is 5.71. The summed E-state index contributed by atoms with van der Waals surface area (Å²) in [5.74, 6) is 0. The molecule has 0 radical (unpaired) electrons. The topological polar surface area (TPSA) is 12.4 Å². The molecule has 0 aliphatic rings. The molecule has 0 amide bonds. The first kappa shape index (κ1) is 15.5. The average molecular weight is 321 g/mol. The van der Waals surface area contributed by atoms with Crippen molar-refractivity contribution in [2.24, 2.45) is 4.99 Å². The molecule has 0 N–H and O–H groups in total. The van der Waals surface area contributed by atoms with Crippen molar-refractivity contribution in [3.05, 3.63) is 107 Å². The lowest BCUT2D eigenvalue weighted by Gasteiger charge is -2.08. The van der Waals surface area contributed by atoms with E-state index in [-0.39, 0.29) is 0 Å². The first-order chi connectivity index (χ1) is 11.3. The summed E-state index contributed by atoms with van der Waals surface area (Å²) in [5, 5.41) is 0.809. The monoisotopic (exact) mass is 320 g/mol. The van der Waals surface area contributed by atoms with Gasteiger partial charge in [-0.3, -0.25) is 4.99 Å². The molecule has 23 heavy (non-hydrogen) atoms. The van der Waals surface area contributed by atoms with E-state index < -0.39 is 0 Å². The van der Waals surface area contributed by atoms with E-state index >= 15 is 0 Å². The Morgan fingerprint density at radius 2 is 1.22 bits per heavy atom. The predicted octanol–water partition coefficient (Wildman–Crippen LogP) is 5.42. The molecule has 3 rings (SSSR count). The van der Waals surface area contributed by atoms with Crippen molar-refractivity contribution < 1.29 is 0 Å². The normalized spacial score (nSPS) is 10.3. The molecular weight excluding hydrogens is 303 g/mol. The van der Waals surface area contributed by atoms with E-state index in [0.29, 0.717) is 6.54 Å². The zero-order valence-corrected chi connectivity index (χ0v) is 13.6. The van der Waals surface area contributed by atoms with Gasteiger partial charge in [-0.15, -0.1) is 0 Å². The van der Waals surface area contributed by atoms with Crippen molar-refractivity contribution >= 4 is 17.3 Å². The molecule has 2 heteroatoms. The lowest BCUT2D eigenvalue weighted by Crippen LogP contribution is -2.05. The largest absolute Gasteiger partial charge is 0.284 e. The summed E-state index contributed by atoms with van der Waals surface area (Å²) in [6, 6.07) is 28.6. The van der Waals surface area contributed by atoms with Crippen molar-refractivity contribution in [3.8, 4) is 0 Å². The van der Waals surface area contributed by atoms with Crippen molar-refractivity contribution in [2.45, 2.75) is 6.42 Å². The second kappa shape index (κ2) is 7.75. The van der Waals surface area contributed by atoms with Crippen molar-refractivity contribution in [3.63, 3.8) is 0 Å². The number of halogens is 1. The predicted molar refractivity (Wildman–Crippen MR) is 98.5 cm³/mol. The highest BCUT2D eigenvalue weighted by Gasteiger charge is 2.06. The molecule has 3 aromatic rings. The summed E-state index contributed by atoms with van der Waals surface area (Å²) in [6.45, 7) is 0.711. The van der Waals surface area contributed by atoms with E-state index in [9.17, 15) is 0 Å². The first-order valence-corrected chi connectivity index (χ1v) is 8.11. The molecule has 0 saturated heterocycles. The van der Waals surface area contributed by atoms with Crippen LogP contribution in [0.3, 0.4) is 0 Å². The second-order valence-electron chi connectivity index (χ2n) is 5.30. The Morgan fingerprint density at radius 3 is 1.78 bits per heavy atom. The lowest BCUT2D eigenvalue weighted by atomic mass is 10.0. The molecule has 0 fully saturated rings. The molecule has 0 aliphatic heterocycles. The number of nitrogens with zero attached hydrogens (tertiary/aromatic N) is 1. The van der Waals surface area contributed by atoms with Crippen LogP contribution in [-0.4, -0.2) is 12.3 Å². The Hall–Kier alpha value is -2.38. The quantitative estimate of drug-likeness (QED) is 0.439. The molecule has 1 nitrogen and oxygen atoms in total. The summed E-state index contributed by atoms with van der Waals surface area (Å²) < 4.78 is 0. The van der Waals surface area contributed by atoms with Gasteiger partial charge in [0, 0.05) is 22.7 Å². The molecule has 0 heterocycles. The summed E-state index contributed by atoms with van der Waals surface area (Å²) in [4.78, 5) is 4.86. The van der Waals surface area contributed by atoms with Crippen LogP contribution in [0.1, 0.15) is 16.7 Å². The number of benzene rings is 3. The number of rotatable bonds is 5. The SMILES string of the molecule is Clc1ccccc1CC[15N]=C(c1ccccc1)c1ccccc1. The third kappa shape index (κ3) is 4.08. The fraction of sp³-hybridized carbons (Fsp3) is 0.0952. The van der Waals surface area contributed by atoms with Gasteiger partial charge in [-0.05, 0) is 18.1 Å². The van der Waals surface area contributed by atoms with E-state index in [0.717, 1.165) is 33.8 Å². The molecule has 114 valence electrons. The van der Waals surface area contributed by atoms with Gasteiger partial charge < -0.3 is 0 Å². The van der Waals surface area contributed by atoms with Crippen LogP contribution in [0.15, 0.2) is 89.9 Å². The van der Waals surface area contributed by atoms with Crippen LogP contribution < -0.4 is 0 Å². The smallest absolute Gasteiger partial charge is 0.0719 e. The standard InChI is InChI=1S/C21H18ClN/c22-20-14-8-7-9-17(20)15-16-23-21(18-10-3-1-4-11-18)19-12-5-2-6-13-19/h1-14H,15-16H2/i23+1. The van der Waals surface area contributed by atoms with Gasteiger partial charge in [0.15, 0.2) is 0 Å². The van der Waals surface area contributed by atoms with E-state index in [4.69, 9.17) is 16.6 Å². The Morgan fingerprint density at radius 1 is 0.696 bits per heavy atom. The van der Waals surface area contributed by atoms with Gasteiger partial charge in [-0.25, -0.2) is 0 Å². The Labute approximate surface area is 142 Å². The third-order valence-corrected chi connectivity index (χ3v) is 4.07. The molecule has 3 aromatic carbocycles. The van der Waals surface area contributed by atoms with Gasteiger partial charge in [0.25, 0.3) is 0 Å². The number of hydrogen-bond acceptors (Lipinski definition) is 1. The van der Waals surface area contributed by atoms with Gasteiger partial charge in [-0.1, -0.05) is 90.5 Å². The van der Waals surface area contributed by atoms with Crippen molar-refractivity contribution in [1.29, 1.82) is 0 Å². The third-order valence-electron chi connectivity index (χ3n) is 3.70. The van der Waals surface area contributed by atoms with Crippen LogP contribution in [0.4, 0.5) is 0 Å². The fourth-order valence-corrected chi connectivity index (χ4v) is 2.76. The van der Waals surface area contributed by atoms with Crippen molar-refractivity contribution in [1.82, 2.24) is 0 Å². The van der Waals surface area contributed by atoms with Crippen LogP contribution in [0.5, 0.6) is 0 Å². The minimum absolute atomic E-state index is 0.711. The first-order valence-electron chi connectivity index (χ1n) is 7.73. The van der Waals surface area contributed by atoms with Crippen molar-refractivity contribution in [2.75, 3.05) is 6.54 Å². The van der Waals surface area contributed by atoms with E-state index in [1.165, 1.54) is 0 Å². The zero-order chi connectivity index (χ0) is 15.9. The van der Waals surface area contributed by atoms with Crippen LogP contribution in [-0.2, 0) is 6.42 Å². The molecule has 0 unspecified atom stereocenters. The Balaban J connectivity index is 1.85. The number of hydrogen-bond donors (Lipinski definition) is 0. The lowest BCUT2D eigenvalue weighted by molar-refractivity contribution is 0.969. The van der Waals surface area contributed by atoms with E-state index in [2.05, 4.69) is 30.3 Å². The molecule has 0 aromatic heterocycles. The highest BCUT2D eigenvalue weighted by atomic mass is 35.5. The average Bonchev–Trinajstić information content (AvgIpc) is 2.62. The van der Waals surface area contributed by atoms with Gasteiger partial charge in [0.1, 0.15) is 0 Å². The van der Waals surface area contributed by atoms with Crippen LogP contribution >= 0.6 is 11.6 Å². The maximum atomic E-state index is 6.23. The van der Waals surface area contributed by atoms with E-state index in [1.54, 1.807) is 0 Å². The van der Waals surface area contributed by atoms with Gasteiger partial charge in [-0.2, -0.15) is 0 Å². The highest BCUT2D eigenvalue weighted by Crippen LogP contribution is 2.16. The van der Waals surface area contributed by atoms with Gasteiger partial charge >= 0.3 is 0 Å². The Bertz CT molecular complexity index is 738. The molecule has 0 atom stereocenters. The fourth-order valence-electron chi connectivity index (χ4n) is 2.53. The molecule has 0 spiro atoms. The summed E-state index contributed by atoms with van der Waals surface area (Å²) in [6.07, 6.45) is 0.836. The summed E-state index contributed by atoms with van der Waals surface area (Å²) in [7, 11) is 0. The maximum Gasteiger partial charge on any atom is 0.0719 e. The van der Waals surface area contributed by atoms with Crippen LogP contribution in [0, 0.1) is 0 Å². The maximum absolute atomic E-state index is 6.23. The minimum Gasteiger partial charge on any atom is -0.284 e. The van der Waals surface area contributed by atoms with Crippen LogP contribution in [0.25, 0.3) is 0 Å². The van der Waals surface area contributed by atoms with Gasteiger partial charge in [0.2, 0.25) is 0 Å². The van der Waals surface area contributed by atoms with Crippen LogP contribution in [0.2, 0.25) is 5.02 Å². The van der Waals surface area contributed by atoms with E-state index in [1.807, 2.05) is 54.6 Å². The Kier molecular flexibility index (Phi) is 5.23. The molecule has 0 saturated carbocycles. The highest BCUT2D eigenvalue weighted by molar-refractivity contribution is 6.31. The summed E-state index contributed by atoms with van der Waals surface area (Å²) in [5.41, 5.74) is 4.44. The zero-order valence-electron chi connectivity index (χ0n) is 12.8. The number of aliphatic imine (C=N–C) groups is 1. The minimum atomic E-state index is 0.711. The molecule has 0 aliphatic carbocycles. The molecule has 0 bridgehead atoms. The molecular formula is C21H18ClN.